The van der Waals surface area contributed by atoms with E-state index in [1.807, 2.05) is 6.92 Å². The highest BCUT2D eigenvalue weighted by Gasteiger charge is 2.10. The van der Waals surface area contributed by atoms with Crippen molar-refractivity contribution in [3.8, 4) is 0 Å². The van der Waals surface area contributed by atoms with Gasteiger partial charge in [-0.05, 0) is 18.9 Å². The van der Waals surface area contributed by atoms with Crippen LogP contribution in [0.3, 0.4) is 0 Å². The third kappa shape index (κ3) is 4.57. The van der Waals surface area contributed by atoms with Crippen molar-refractivity contribution in [3.05, 3.63) is 10.4 Å². The summed E-state index contributed by atoms with van der Waals surface area (Å²) >= 11 is 0. The SMILES string of the molecule is CCOC(=O)CC(CC)N=[N+]=[N-]. The van der Waals surface area contributed by atoms with Gasteiger partial charge < -0.3 is 4.74 Å². The van der Waals surface area contributed by atoms with Crippen LogP contribution in [-0.4, -0.2) is 18.6 Å². The molecule has 0 aliphatic heterocycles. The van der Waals surface area contributed by atoms with Gasteiger partial charge in [-0.1, -0.05) is 12.0 Å². The van der Waals surface area contributed by atoms with Crippen LogP contribution in [-0.2, 0) is 9.53 Å². The van der Waals surface area contributed by atoms with Gasteiger partial charge in [0.2, 0.25) is 0 Å². The zero-order valence-corrected chi connectivity index (χ0v) is 7.36. The average Bonchev–Trinajstić information content (AvgIpc) is 2.04. The van der Waals surface area contributed by atoms with Crippen molar-refractivity contribution in [1.82, 2.24) is 0 Å². The molecule has 0 spiro atoms. The van der Waals surface area contributed by atoms with Gasteiger partial charge in [0.15, 0.2) is 0 Å². The summed E-state index contributed by atoms with van der Waals surface area (Å²) in [5.41, 5.74) is 8.12. The van der Waals surface area contributed by atoms with E-state index in [2.05, 4.69) is 10.0 Å². The molecule has 0 N–H and O–H groups in total. The van der Waals surface area contributed by atoms with E-state index >= 15 is 0 Å². The molecule has 0 bridgehead atoms. The van der Waals surface area contributed by atoms with Crippen LogP contribution in [0.4, 0.5) is 0 Å². The van der Waals surface area contributed by atoms with Crippen LogP contribution < -0.4 is 0 Å². The van der Waals surface area contributed by atoms with Crippen LogP contribution in [0.1, 0.15) is 26.7 Å². The van der Waals surface area contributed by atoms with Crippen LogP contribution in [0.25, 0.3) is 10.4 Å². The fourth-order valence-corrected chi connectivity index (χ4v) is 0.752. The fourth-order valence-electron chi connectivity index (χ4n) is 0.752. The Morgan fingerprint density at radius 1 is 1.67 bits per heavy atom. The minimum absolute atomic E-state index is 0.175. The lowest BCUT2D eigenvalue weighted by Gasteiger charge is -2.06. The molecular weight excluding hydrogens is 158 g/mol. The maximum absolute atomic E-state index is 10.9. The smallest absolute Gasteiger partial charge is 0.306 e. The molecule has 0 aromatic rings. The van der Waals surface area contributed by atoms with Crippen molar-refractivity contribution in [1.29, 1.82) is 0 Å². The number of rotatable bonds is 5. The van der Waals surface area contributed by atoms with Crippen molar-refractivity contribution in [2.75, 3.05) is 6.61 Å². The minimum Gasteiger partial charge on any atom is -0.466 e. The van der Waals surface area contributed by atoms with E-state index < -0.39 is 0 Å². The molecule has 12 heavy (non-hydrogen) atoms. The third-order valence-corrected chi connectivity index (χ3v) is 1.39. The molecule has 0 aromatic carbocycles. The Balaban J connectivity index is 3.84. The van der Waals surface area contributed by atoms with Crippen LogP contribution in [0.15, 0.2) is 5.11 Å². The molecular formula is C7H13N3O2. The first-order valence-electron chi connectivity index (χ1n) is 3.94. The van der Waals surface area contributed by atoms with E-state index in [1.54, 1.807) is 6.92 Å². The fraction of sp³-hybridized carbons (Fsp3) is 0.857. The van der Waals surface area contributed by atoms with Gasteiger partial charge in [0.25, 0.3) is 0 Å². The van der Waals surface area contributed by atoms with Crippen molar-refractivity contribution in [2.45, 2.75) is 32.7 Å². The summed E-state index contributed by atoms with van der Waals surface area (Å²) in [5.74, 6) is -0.309. The molecule has 0 heterocycles. The molecule has 0 saturated carbocycles. The van der Waals surface area contributed by atoms with Crippen LogP contribution >= 0.6 is 0 Å². The number of ether oxygens (including phenoxy) is 1. The van der Waals surface area contributed by atoms with Gasteiger partial charge in [-0.2, -0.15) is 0 Å². The van der Waals surface area contributed by atoms with Crippen LogP contribution in [0, 0.1) is 0 Å². The third-order valence-electron chi connectivity index (χ3n) is 1.39. The summed E-state index contributed by atoms with van der Waals surface area (Å²) in [4.78, 5) is 13.5. The second kappa shape index (κ2) is 6.49. The summed E-state index contributed by atoms with van der Waals surface area (Å²) < 4.78 is 4.70. The van der Waals surface area contributed by atoms with E-state index in [4.69, 9.17) is 10.3 Å². The number of hydrogen-bond acceptors (Lipinski definition) is 3. The summed E-state index contributed by atoms with van der Waals surface area (Å²) in [6.07, 6.45) is 0.831. The zero-order chi connectivity index (χ0) is 9.40. The van der Waals surface area contributed by atoms with Crippen LogP contribution in [0.5, 0.6) is 0 Å². The molecule has 68 valence electrons. The number of esters is 1. The maximum atomic E-state index is 10.9. The van der Waals surface area contributed by atoms with Crippen molar-refractivity contribution < 1.29 is 9.53 Å². The normalized spacial score (nSPS) is 11.5. The maximum Gasteiger partial charge on any atom is 0.306 e. The number of carbonyl (C=O) groups excluding carboxylic acids is 1. The Bertz CT molecular complexity index is 187. The monoisotopic (exact) mass is 171 g/mol. The predicted octanol–water partition coefficient (Wildman–Crippen LogP) is 2.03. The summed E-state index contributed by atoms with van der Waals surface area (Å²) in [5, 5.41) is 3.44. The zero-order valence-electron chi connectivity index (χ0n) is 7.36. The van der Waals surface area contributed by atoms with Gasteiger partial charge in [-0.3, -0.25) is 4.79 Å². The molecule has 0 rings (SSSR count). The van der Waals surface area contributed by atoms with Gasteiger partial charge in [-0.25, -0.2) is 0 Å². The Morgan fingerprint density at radius 3 is 2.75 bits per heavy atom. The number of azide groups is 1. The second-order valence-corrected chi connectivity index (χ2v) is 2.28. The lowest BCUT2D eigenvalue weighted by Crippen LogP contribution is -2.12. The van der Waals surface area contributed by atoms with Gasteiger partial charge in [0, 0.05) is 11.0 Å². The van der Waals surface area contributed by atoms with Gasteiger partial charge in [0.1, 0.15) is 0 Å². The molecule has 0 saturated heterocycles. The highest BCUT2D eigenvalue weighted by Crippen LogP contribution is 2.04. The van der Waals surface area contributed by atoms with Gasteiger partial charge in [0.05, 0.1) is 13.0 Å². The Labute approximate surface area is 71.3 Å². The minimum atomic E-state index is -0.309. The molecule has 5 nitrogen and oxygen atoms in total. The summed E-state index contributed by atoms with van der Waals surface area (Å²) in [6.45, 7) is 3.97. The molecule has 0 amide bonds. The molecule has 0 fully saturated rings. The first-order valence-corrected chi connectivity index (χ1v) is 3.94. The molecule has 1 atom stereocenters. The Hall–Kier alpha value is -1.22. The largest absolute Gasteiger partial charge is 0.466 e. The summed E-state index contributed by atoms with van der Waals surface area (Å²) in [7, 11) is 0. The van der Waals surface area contributed by atoms with E-state index in [-0.39, 0.29) is 18.4 Å². The number of nitrogens with zero attached hydrogens (tertiary/aromatic N) is 3. The molecule has 0 aliphatic carbocycles. The predicted molar refractivity (Wildman–Crippen MR) is 44.5 cm³/mol. The molecule has 0 aromatic heterocycles. The first kappa shape index (κ1) is 10.8. The van der Waals surface area contributed by atoms with Crippen molar-refractivity contribution in [2.24, 2.45) is 5.11 Å². The quantitative estimate of drug-likeness (QED) is 0.274. The molecule has 5 heteroatoms. The van der Waals surface area contributed by atoms with Gasteiger partial charge >= 0.3 is 5.97 Å². The Kier molecular flexibility index (Phi) is 5.83. The van der Waals surface area contributed by atoms with Crippen molar-refractivity contribution >= 4 is 5.97 Å². The second-order valence-electron chi connectivity index (χ2n) is 2.28. The average molecular weight is 171 g/mol. The van der Waals surface area contributed by atoms with Crippen LogP contribution in [0.2, 0.25) is 0 Å². The summed E-state index contributed by atoms with van der Waals surface area (Å²) in [6, 6.07) is -0.269. The molecule has 1 unspecified atom stereocenters. The van der Waals surface area contributed by atoms with E-state index in [0.29, 0.717) is 13.0 Å². The number of carbonyl (C=O) groups is 1. The lowest BCUT2D eigenvalue weighted by molar-refractivity contribution is -0.143. The van der Waals surface area contributed by atoms with E-state index in [0.717, 1.165) is 0 Å². The van der Waals surface area contributed by atoms with E-state index in [1.165, 1.54) is 0 Å². The Morgan fingerprint density at radius 2 is 2.33 bits per heavy atom. The number of hydrogen-bond donors (Lipinski definition) is 0. The highest BCUT2D eigenvalue weighted by atomic mass is 16.5. The topological polar surface area (TPSA) is 75.1 Å². The molecule has 0 radical (unpaired) electrons. The van der Waals surface area contributed by atoms with Crippen molar-refractivity contribution in [3.63, 3.8) is 0 Å². The highest BCUT2D eigenvalue weighted by molar-refractivity contribution is 5.70. The standard InChI is InChI=1S/C7H13N3O2/c1-3-6(9-10-8)5-7(11)12-4-2/h6H,3-5H2,1-2H3. The van der Waals surface area contributed by atoms with Gasteiger partial charge in [-0.15, -0.1) is 0 Å². The molecule has 0 aliphatic rings. The van der Waals surface area contributed by atoms with E-state index in [9.17, 15) is 4.79 Å². The lowest BCUT2D eigenvalue weighted by atomic mass is 10.2. The first-order chi connectivity index (χ1) is 5.74.